The van der Waals surface area contributed by atoms with E-state index in [0.29, 0.717) is 23.7 Å². The Morgan fingerprint density at radius 3 is 1.86 bits per heavy atom. The summed E-state index contributed by atoms with van der Waals surface area (Å²) in [5.74, 6) is 1.71. The minimum absolute atomic E-state index is 0.127. The number of para-hydroxylation sites is 1. The average Bonchev–Trinajstić information content (AvgIpc) is 3.43. The van der Waals surface area contributed by atoms with Gasteiger partial charge in [0.2, 0.25) is 0 Å². The molecule has 0 bridgehead atoms. The molecule has 1 heterocycles. The SMILES string of the molecule is CC(C)c1ccccc1C([N-]c1c(C(C)C)cccc1C(C)C)c1cccc(C2[CH-]CCC2)n1.[Cl][Zr][Cl]. The van der Waals surface area contributed by atoms with Gasteiger partial charge < -0.3 is 11.7 Å². The number of benzene rings is 2. The second-order valence-electron chi connectivity index (χ2n) is 10.7. The van der Waals surface area contributed by atoms with Crippen LogP contribution in [0.25, 0.3) is 5.32 Å². The fraction of sp³-hybridized carbons (Fsp3) is 0.438. The van der Waals surface area contributed by atoms with Crippen molar-refractivity contribution >= 4 is 22.7 Å². The first-order valence-electron chi connectivity index (χ1n) is 13.5. The maximum absolute atomic E-state index is 5.58. The molecule has 3 aromatic rings. The number of rotatable bonds is 8. The fourth-order valence-electron chi connectivity index (χ4n) is 5.24. The molecule has 2 atom stereocenters. The van der Waals surface area contributed by atoms with Crippen LogP contribution in [0.15, 0.2) is 60.7 Å². The zero-order chi connectivity index (χ0) is 26.9. The predicted molar refractivity (Wildman–Crippen MR) is 157 cm³/mol. The molecule has 0 saturated heterocycles. The number of nitrogens with zero attached hydrogens (tertiary/aromatic N) is 2. The summed E-state index contributed by atoms with van der Waals surface area (Å²) in [5, 5.41) is 5.58. The summed E-state index contributed by atoms with van der Waals surface area (Å²) in [6.45, 7) is 13.6. The van der Waals surface area contributed by atoms with E-state index in [1.165, 1.54) is 47.2 Å². The van der Waals surface area contributed by atoms with E-state index in [-0.39, 0.29) is 6.04 Å². The van der Waals surface area contributed by atoms with Crippen molar-refractivity contribution < 1.29 is 20.8 Å². The predicted octanol–water partition coefficient (Wildman–Crippen LogP) is 11.1. The summed E-state index contributed by atoms with van der Waals surface area (Å²) < 4.78 is 0. The third-order valence-corrected chi connectivity index (χ3v) is 7.14. The molecule has 5 heteroatoms. The minimum atomic E-state index is -0.826. The van der Waals surface area contributed by atoms with E-state index in [4.69, 9.17) is 27.3 Å². The van der Waals surface area contributed by atoms with Crippen LogP contribution in [0.3, 0.4) is 0 Å². The van der Waals surface area contributed by atoms with Crippen LogP contribution >= 0.6 is 17.0 Å². The van der Waals surface area contributed by atoms with E-state index >= 15 is 0 Å². The second kappa shape index (κ2) is 14.9. The third kappa shape index (κ3) is 7.94. The van der Waals surface area contributed by atoms with Gasteiger partial charge >= 0.3 is 37.9 Å². The van der Waals surface area contributed by atoms with Crippen molar-refractivity contribution in [1.82, 2.24) is 4.98 Å². The van der Waals surface area contributed by atoms with Crippen LogP contribution in [-0.2, 0) is 20.8 Å². The van der Waals surface area contributed by atoms with Gasteiger partial charge in [-0.15, -0.1) is 11.6 Å². The van der Waals surface area contributed by atoms with Crippen molar-refractivity contribution in [3.8, 4) is 0 Å². The number of hydrogen-bond donors (Lipinski definition) is 0. The molecule has 1 fully saturated rings. The van der Waals surface area contributed by atoms with Crippen LogP contribution in [-0.4, -0.2) is 4.98 Å². The van der Waals surface area contributed by atoms with Crippen LogP contribution in [0.4, 0.5) is 5.69 Å². The van der Waals surface area contributed by atoms with Crippen LogP contribution in [0.5, 0.6) is 0 Å². The Balaban J connectivity index is 0.00000121. The van der Waals surface area contributed by atoms with Crippen molar-refractivity contribution in [2.24, 2.45) is 0 Å². The van der Waals surface area contributed by atoms with Gasteiger partial charge in [0.15, 0.2) is 0 Å². The van der Waals surface area contributed by atoms with Crippen molar-refractivity contribution in [3.63, 3.8) is 0 Å². The van der Waals surface area contributed by atoms with Crippen LogP contribution in [0.2, 0.25) is 0 Å². The first kappa shape index (κ1) is 30.4. The van der Waals surface area contributed by atoms with Gasteiger partial charge in [0.25, 0.3) is 0 Å². The summed E-state index contributed by atoms with van der Waals surface area (Å²) in [6, 6.07) is 21.9. The van der Waals surface area contributed by atoms with Gasteiger partial charge in [-0.1, -0.05) is 120 Å². The Labute approximate surface area is 243 Å². The third-order valence-electron chi connectivity index (χ3n) is 7.14. The summed E-state index contributed by atoms with van der Waals surface area (Å²) in [5.41, 5.74) is 8.65. The van der Waals surface area contributed by atoms with Gasteiger partial charge in [0.05, 0.1) is 0 Å². The van der Waals surface area contributed by atoms with E-state index in [0.717, 1.165) is 11.4 Å². The summed E-state index contributed by atoms with van der Waals surface area (Å²) in [7, 11) is 9.87. The van der Waals surface area contributed by atoms with Gasteiger partial charge in [0.1, 0.15) is 0 Å². The van der Waals surface area contributed by atoms with Crippen molar-refractivity contribution in [2.45, 2.75) is 90.5 Å². The number of halogens is 2. The molecule has 2 unspecified atom stereocenters. The standard InChI is InChI=1S/C32H40N2.2ClH.Zr/c1-21(2)25-15-9-10-16-28(25)32(30-20-12-19-29(33-30)24-13-7-8-14-24)34-31-26(22(3)4)17-11-18-27(31)23(5)6;;;/h9-13,15-24,32H,7-8,14H2,1-6H3;2*1H;/q-2;;;+2/p-2. The van der Waals surface area contributed by atoms with E-state index in [1.807, 2.05) is 0 Å². The van der Waals surface area contributed by atoms with Gasteiger partial charge in [-0.05, 0) is 41.5 Å². The first-order chi connectivity index (χ1) is 17.8. The second-order valence-corrected chi connectivity index (χ2v) is 14.5. The molecule has 198 valence electrons. The monoisotopic (exact) mass is 612 g/mol. The Morgan fingerprint density at radius 2 is 1.32 bits per heavy atom. The number of hydrogen-bond acceptors (Lipinski definition) is 1. The molecule has 4 rings (SSSR count). The fourth-order valence-corrected chi connectivity index (χ4v) is 5.24. The molecule has 0 amide bonds. The molecule has 1 aliphatic carbocycles. The Kier molecular flexibility index (Phi) is 12.2. The topological polar surface area (TPSA) is 27.0 Å². The molecule has 0 N–H and O–H groups in total. The van der Waals surface area contributed by atoms with E-state index in [1.54, 1.807) is 0 Å². The van der Waals surface area contributed by atoms with Crippen LogP contribution in [0, 0.1) is 6.42 Å². The number of aromatic nitrogens is 1. The van der Waals surface area contributed by atoms with Crippen LogP contribution < -0.4 is 0 Å². The summed E-state index contributed by atoms with van der Waals surface area (Å²) >= 11 is -0.826. The zero-order valence-electron chi connectivity index (χ0n) is 23.0. The molecule has 1 aromatic heterocycles. The molecule has 0 radical (unpaired) electrons. The molecular weight excluding hydrogens is 574 g/mol. The molecule has 37 heavy (non-hydrogen) atoms. The van der Waals surface area contributed by atoms with Gasteiger partial charge in [-0.25, -0.2) is 0 Å². The zero-order valence-corrected chi connectivity index (χ0v) is 27.0. The average molecular weight is 615 g/mol. The molecule has 1 saturated carbocycles. The Hall–Kier alpha value is -1.15. The molecule has 2 aromatic carbocycles. The molecular formula is C32H40Cl2N2Zr-2. The molecule has 0 aliphatic heterocycles. The van der Waals surface area contributed by atoms with Crippen molar-refractivity contribution in [2.75, 3.05) is 0 Å². The molecule has 0 spiro atoms. The van der Waals surface area contributed by atoms with Gasteiger partial charge in [0, 0.05) is 11.4 Å². The quantitative estimate of drug-likeness (QED) is 0.232. The van der Waals surface area contributed by atoms with Crippen LogP contribution in [0.1, 0.15) is 124 Å². The maximum atomic E-state index is 5.58. The number of pyridine rings is 1. The Bertz CT molecular complexity index is 1100. The first-order valence-corrected chi connectivity index (χ1v) is 19.8. The normalized spacial score (nSPS) is 16.0. The molecule has 1 aliphatic rings. The van der Waals surface area contributed by atoms with Crippen molar-refractivity contribution in [3.05, 3.63) is 106 Å². The molecule has 2 nitrogen and oxygen atoms in total. The summed E-state index contributed by atoms with van der Waals surface area (Å²) in [4.78, 5) is 5.25. The van der Waals surface area contributed by atoms with E-state index < -0.39 is 20.8 Å². The van der Waals surface area contributed by atoms with Gasteiger partial charge in [-0.2, -0.15) is 6.42 Å². The van der Waals surface area contributed by atoms with Gasteiger partial charge in [-0.3, -0.25) is 4.98 Å². The summed E-state index contributed by atoms with van der Waals surface area (Å²) in [6.07, 6.45) is 6.10. The van der Waals surface area contributed by atoms with E-state index in [9.17, 15) is 0 Å². The van der Waals surface area contributed by atoms with E-state index in [2.05, 4.69) is 109 Å². The Morgan fingerprint density at radius 1 is 0.784 bits per heavy atom. The van der Waals surface area contributed by atoms with Crippen molar-refractivity contribution in [1.29, 1.82) is 0 Å².